The molecule has 2 atom stereocenters. The molecule has 1 fully saturated rings. The van der Waals surface area contributed by atoms with Gasteiger partial charge in [-0.1, -0.05) is 36.4 Å². The number of rotatable bonds is 4. The maximum absolute atomic E-state index is 10.6. The first kappa shape index (κ1) is 15.5. The first-order valence-corrected chi connectivity index (χ1v) is 8.68. The van der Waals surface area contributed by atoms with Crippen LogP contribution in [-0.2, 0) is 0 Å². The predicted molar refractivity (Wildman–Crippen MR) is 92.4 cm³/mol. The Morgan fingerprint density at radius 3 is 2.67 bits per heavy atom. The molecule has 0 aliphatic carbocycles. The zero-order chi connectivity index (χ0) is 16.4. The summed E-state index contributed by atoms with van der Waals surface area (Å²) in [6, 6.07) is 16.5. The molecule has 2 unspecified atom stereocenters. The van der Waals surface area contributed by atoms with Crippen molar-refractivity contribution >= 4 is 0 Å². The largest absolute Gasteiger partial charge is 0.486 e. The molecule has 0 saturated carbocycles. The van der Waals surface area contributed by atoms with Gasteiger partial charge < -0.3 is 14.6 Å². The highest BCUT2D eigenvalue weighted by Crippen LogP contribution is 2.38. The monoisotopic (exact) mass is 325 g/mol. The molecule has 24 heavy (non-hydrogen) atoms. The van der Waals surface area contributed by atoms with E-state index >= 15 is 0 Å². The number of aliphatic hydroxyl groups excluding tert-OH is 1. The van der Waals surface area contributed by atoms with Gasteiger partial charge in [0.1, 0.15) is 13.2 Å². The van der Waals surface area contributed by atoms with Crippen LogP contribution in [0.4, 0.5) is 0 Å². The summed E-state index contributed by atoms with van der Waals surface area (Å²) < 4.78 is 11.3. The maximum Gasteiger partial charge on any atom is 0.161 e. The smallest absolute Gasteiger partial charge is 0.161 e. The van der Waals surface area contributed by atoms with Crippen molar-refractivity contribution in [3.8, 4) is 11.5 Å². The van der Waals surface area contributed by atoms with Crippen molar-refractivity contribution in [2.45, 2.75) is 25.0 Å². The summed E-state index contributed by atoms with van der Waals surface area (Å²) in [6.45, 7) is 2.90. The van der Waals surface area contributed by atoms with Crippen LogP contribution in [-0.4, -0.2) is 36.3 Å². The van der Waals surface area contributed by atoms with Gasteiger partial charge in [-0.2, -0.15) is 0 Å². The van der Waals surface area contributed by atoms with Gasteiger partial charge in [0.25, 0.3) is 0 Å². The summed E-state index contributed by atoms with van der Waals surface area (Å²) in [7, 11) is 0. The predicted octanol–water partition coefficient (Wildman–Crippen LogP) is 3.33. The summed E-state index contributed by atoms with van der Waals surface area (Å²) >= 11 is 0. The van der Waals surface area contributed by atoms with Crippen LogP contribution < -0.4 is 9.47 Å². The van der Waals surface area contributed by atoms with E-state index in [0.717, 1.165) is 36.4 Å². The quantitative estimate of drug-likeness (QED) is 0.936. The fraction of sp³-hybridized carbons (Fsp3) is 0.400. The summed E-state index contributed by atoms with van der Waals surface area (Å²) in [5.41, 5.74) is 2.22. The highest BCUT2D eigenvalue weighted by molar-refractivity contribution is 5.44. The zero-order valence-electron chi connectivity index (χ0n) is 13.7. The van der Waals surface area contributed by atoms with E-state index in [2.05, 4.69) is 17.0 Å². The lowest BCUT2D eigenvalue weighted by molar-refractivity contribution is 0.106. The highest BCUT2D eigenvalue weighted by atomic mass is 16.6. The molecule has 2 heterocycles. The lowest BCUT2D eigenvalue weighted by Gasteiger charge is -2.28. The molecule has 4 heteroatoms. The standard InChI is InChI=1S/C20H23NO3/c22-18(15-5-2-1-3-6-15)14-21-10-4-7-17(21)16-8-9-19-20(13-16)24-12-11-23-19/h1-3,5-6,8-9,13,17-18,22H,4,7,10-12,14H2. The normalized spacial score (nSPS) is 21.6. The molecular weight excluding hydrogens is 302 g/mol. The van der Waals surface area contributed by atoms with Gasteiger partial charge in [0.2, 0.25) is 0 Å². The minimum atomic E-state index is -0.455. The van der Waals surface area contributed by atoms with Crippen molar-refractivity contribution in [1.82, 2.24) is 4.90 Å². The molecule has 2 aliphatic heterocycles. The van der Waals surface area contributed by atoms with Crippen molar-refractivity contribution in [3.05, 3.63) is 59.7 Å². The molecular formula is C20H23NO3. The minimum absolute atomic E-state index is 0.333. The lowest BCUT2D eigenvalue weighted by Crippen LogP contribution is -2.28. The second-order valence-electron chi connectivity index (χ2n) is 6.48. The Labute approximate surface area is 142 Å². The van der Waals surface area contributed by atoms with Gasteiger partial charge >= 0.3 is 0 Å². The Hall–Kier alpha value is -2.04. The number of hydrogen-bond acceptors (Lipinski definition) is 4. The van der Waals surface area contributed by atoms with Crippen LogP contribution in [0.25, 0.3) is 0 Å². The van der Waals surface area contributed by atoms with E-state index in [1.54, 1.807) is 0 Å². The Morgan fingerprint density at radius 1 is 1.04 bits per heavy atom. The molecule has 1 saturated heterocycles. The van der Waals surface area contributed by atoms with E-state index in [1.807, 2.05) is 36.4 Å². The lowest BCUT2D eigenvalue weighted by atomic mass is 10.0. The molecule has 2 aromatic carbocycles. The van der Waals surface area contributed by atoms with Gasteiger partial charge in [0, 0.05) is 12.6 Å². The van der Waals surface area contributed by atoms with E-state index in [9.17, 15) is 5.11 Å². The Bertz CT molecular complexity index is 689. The molecule has 0 spiro atoms. The molecule has 0 radical (unpaired) electrons. The van der Waals surface area contributed by atoms with Gasteiger partial charge in [0.15, 0.2) is 11.5 Å². The molecule has 2 aromatic rings. The van der Waals surface area contributed by atoms with Gasteiger partial charge in [-0.05, 0) is 42.6 Å². The second-order valence-corrected chi connectivity index (χ2v) is 6.48. The van der Waals surface area contributed by atoms with Crippen LogP contribution in [0.5, 0.6) is 11.5 Å². The molecule has 0 aromatic heterocycles. The van der Waals surface area contributed by atoms with Crippen LogP contribution in [0.3, 0.4) is 0 Å². The number of benzene rings is 2. The molecule has 126 valence electrons. The van der Waals surface area contributed by atoms with Gasteiger partial charge in [-0.15, -0.1) is 0 Å². The third kappa shape index (κ3) is 3.12. The van der Waals surface area contributed by atoms with Crippen molar-refractivity contribution in [3.63, 3.8) is 0 Å². The number of nitrogens with zero attached hydrogens (tertiary/aromatic N) is 1. The minimum Gasteiger partial charge on any atom is -0.486 e. The molecule has 4 nitrogen and oxygen atoms in total. The summed E-state index contributed by atoms with van der Waals surface area (Å²) in [6.07, 6.45) is 1.81. The highest BCUT2D eigenvalue weighted by Gasteiger charge is 2.29. The number of aliphatic hydroxyl groups is 1. The second kappa shape index (κ2) is 6.83. The Balaban J connectivity index is 1.50. The molecule has 2 aliphatic rings. The summed E-state index contributed by atoms with van der Waals surface area (Å²) in [5, 5.41) is 10.6. The third-order valence-corrected chi connectivity index (χ3v) is 4.91. The van der Waals surface area contributed by atoms with Crippen LogP contribution in [0.1, 0.15) is 36.1 Å². The van der Waals surface area contributed by atoms with Crippen molar-refractivity contribution in [2.24, 2.45) is 0 Å². The summed E-state index contributed by atoms with van der Waals surface area (Å²) in [5.74, 6) is 1.67. The Morgan fingerprint density at radius 2 is 1.83 bits per heavy atom. The number of β-amino-alcohol motifs (C(OH)–C–C–N with tert-alkyl or cyclic N) is 1. The van der Waals surface area contributed by atoms with Gasteiger partial charge in [-0.25, -0.2) is 0 Å². The number of fused-ring (bicyclic) bond motifs is 1. The average molecular weight is 325 g/mol. The first-order chi connectivity index (χ1) is 11.8. The van der Waals surface area contributed by atoms with Crippen LogP contribution in [0, 0.1) is 0 Å². The topological polar surface area (TPSA) is 41.9 Å². The number of ether oxygens (including phenoxy) is 2. The van der Waals surface area contributed by atoms with Crippen LogP contribution in [0.2, 0.25) is 0 Å². The van der Waals surface area contributed by atoms with Crippen molar-refractivity contribution < 1.29 is 14.6 Å². The SMILES string of the molecule is OC(CN1CCCC1c1ccc2c(c1)OCCO2)c1ccccc1. The molecule has 0 bridgehead atoms. The summed E-state index contributed by atoms with van der Waals surface area (Å²) in [4.78, 5) is 2.38. The maximum atomic E-state index is 10.6. The number of hydrogen-bond donors (Lipinski definition) is 1. The van der Waals surface area contributed by atoms with E-state index < -0.39 is 6.10 Å². The van der Waals surface area contributed by atoms with Crippen molar-refractivity contribution in [2.75, 3.05) is 26.3 Å². The average Bonchev–Trinajstić information content (AvgIpc) is 3.10. The fourth-order valence-electron chi connectivity index (χ4n) is 3.69. The first-order valence-electron chi connectivity index (χ1n) is 8.68. The van der Waals surface area contributed by atoms with E-state index in [4.69, 9.17) is 9.47 Å². The fourth-order valence-corrected chi connectivity index (χ4v) is 3.69. The van der Waals surface area contributed by atoms with E-state index in [0.29, 0.717) is 25.8 Å². The van der Waals surface area contributed by atoms with Crippen molar-refractivity contribution in [1.29, 1.82) is 0 Å². The van der Waals surface area contributed by atoms with Gasteiger partial charge in [-0.3, -0.25) is 4.90 Å². The zero-order valence-corrected chi connectivity index (χ0v) is 13.7. The van der Waals surface area contributed by atoms with Crippen LogP contribution >= 0.6 is 0 Å². The number of likely N-dealkylation sites (tertiary alicyclic amines) is 1. The van der Waals surface area contributed by atoms with E-state index in [-0.39, 0.29) is 0 Å². The third-order valence-electron chi connectivity index (χ3n) is 4.91. The molecule has 4 rings (SSSR count). The molecule has 1 N–H and O–H groups in total. The van der Waals surface area contributed by atoms with Crippen LogP contribution in [0.15, 0.2) is 48.5 Å². The van der Waals surface area contributed by atoms with Gasteiger partial charge in [0.05, 0.1) is 6.10 Å². The Kier molecular flexibility index (Phi) is 4.41. The molecule has 0 amide bonds. The van der Waals surface area contributed by atoms with E-state index in [1.165, 1.54) is 5.56 Å².